The predicted octanol–water partition coefficient (Wildman–Crippen LogP) is 0.864. The van der Waals surface area contributed by atoms with Crippen LogP contribution >= 0.6 is 0 Å². The molecule has 0 heterocycles. The van der Waals surface area contributed by atoms with Crippen molar-refractivity contribution in [3.63, 3.8) is 0 Å². The molecule has 0 aromatic carbocycles. The second kappa shape index (κ2) is 12.6. The van der Waals surface area contributed by atoms with Gasteiger partial charge in [-0.3, -0.25) is 9.59 Å². The number of nitrogens with one attached hydrogen (secondary N) is 1. The maximum atomic E-state index is 11.7. The molecule has 1 amide bonds. The second-order valence-corrected chi connectivity index (χ2v) is 4.79. The van der Waals surface area contributed by atoms with Gasteiger partial charge in [0.25, 0.3) is 0 Å². The third kappa shape index (κ3) is 11.2. The summed E-state index contributed by atoms with van der Waals surface area (Å²) >= 11 is 0. The van der Waals surface area contributed by atoms with Gasteiger partial charge >= 0.3 is 5.97 Å². The lowest BCUT2D eigenvalue weighted by atomic mass is 10.1. The molecule has 1 atom stereocenters. The van der Waals surface area contributed by atoms with E-state index in [-0.39, 0.29) is 25.0 Å². The zero-order valence-corrected chi connectivity index (χ0v) is 13.0. The fraction of sp³-hybridized carbons (Fsp3) is 0.857. The van der Waals surface area contributed by atoms with Crippen molar-refractivity contribution in [1.29, 1.82) is 0 Å². The van der Waals surface area contributed by atoms with Crippen LogP contribution in [0.25, 0.3) is 0 Å². The van der Waals surface area contributed by atoms with Gasteiger partial charge in [0.1, 0.15) is 0 Å². The van der Waals surface area contributed by atoms with Gasteiger partial charge in [-0.1, -0.05) is 13.8 Å². The van der Waals surface area contributed by atoms with Crippen LogP contribution in [-0.2, 0) is 19.1 Å². The Morgan fingerprint density at radius 1 is 1.14 bits per heavy atom. The van der Waals surface area contributed by atoms with E-state index in [0.29, 0.717) is 26.2 Å². The van der Waals surface area contributed by atoms with Crippen molar-refractivity contribution in [2.75, 3.05) is 19.8 Å². The van der Waals surface area contributed by atoms with Crippen molar-refractivity contribution >= 4 is 11.9 Å². The average Bonchev–Trinajstić information content (AvgIpc) is 2.46. The summed E-state index contributed by atoms with van der Waals surface area (Å²) < 4.78 is 11.1. The summed E-state index contributed by atoms with van der Waals surface area (Å²) in [5.74, 6) is -1.31. The maximum Gasteiger partial charge on any atom is 0.303 e. The lowest BCUT2D eigenvalue weighted by molar-refractivity contribution is -0.145. The lowest BCUT2D eigenvalue weighted by Crippen LogP contribution is -2.42. The minimum atomic E-state index is -0.959. The highest BCUT2D eigenvalue weighted by molar-refractivity contribution is 5.82. The van der Waals surface area contributed by atoms with Crippen molar-refractivity contribution < 1.29 is 24.2 Å². The number of hydrogen-bond acceptors (Lipinski definition) is 5. The van der Waals surface area contributed by atoms with Crippen molar-refractivity contribution in [3.05, 3.63) is 0 Å². The van der Waals surface area contributed by atoms with Gasteiger partial charge in [-0.2, -0.15) is 0 Å². The number of ether oxygens (including phenoxy) is 2. The first-order valence-corrected chi connectivity index (χ1v) is 7.49. The standard InChI is InChI=1S/C14H28N2O5/c1-3-9-20-13(21-10-4-2)7-8-16-14(19)11(15)5-6-12(17)18/h11,13H,3-10,15H2,1-2H3,(H,16,19)(H,17,18). The summed E-state index contributed by atoms with van der Waals surface area (Å²) in [4.78, 5) is 22.1. The Morgan fingerprint density at radius 3 is 2.19 bits per heavy atom. The summed E-state index contributed by atoms with van der Waals surface area (Å²) in [5.41, 5.74) is 5.60. The normalized spacial score (nSPS) is 12.4. The van der Waals surface area contributed by atoms with Gasteiger partial charge in [0, 0.05) is 32.6 Å². The van der Waals surface area contributed by atoms with Crippen LogP contribution in [-0.4, -0.2) is 49.1 Å². The van der Waals surface area contributed by atoms with E-state index < -0.39 is 12.0 Å². The van der Waals surface area contributed by atoms with Crippen LogP contribution in [0.4, 0.5) is 0 Å². The number of carboxylic acids is 1. The Bertz CT molecular complexity index is 291. The molecular formula is C14H28N2O5. The van der Waals surface area contributed by atoms with Crippen molar-refractivity contribution in [1.82, 2.24) is 5.32 Å². The molecular weight excluding hydrogens is 276 g/mol. The summed E-state index contributed by atoms with van der Waals surface area (Å²) in [6.45, 7) is 5.64. The third-order valence-electron chi connectivity index (χ3n) is 2.70. The van der Waals surface area contributed by atoms with Gasteiger partial charge in [-0.25, -0.2) is 0 Å². The number of carbonyl (C=O) groups excluding carboxylic acids is 1. The second-order valence-electron chi connectivity index (χ2n) is 4.79. The van der Waals surface area contributed by atoms with Crippen molar-refractivity contribution in [2.45, 2.75) is 58.3 Å². The molecule has 0 saturated carbocycles. The van der Waals surface area contributed by atoms with Gasteiger partial charge in [-0.05, 0) is 19.3 Å². The van der Waals surface area contributed by atoms with E-state index in [1.54, 1.807) is 0 Å². The zero-order valence-electron chi connectivity index (χ0n) is 13.0. The summed E-state index contributed by atoms with van der Waals surface area (Å²) in [6.07, 6.45) is 2.02. The average molecular weight is 304 g/mol. The number of rotatable bonds is 13. The lowest BCUT2D eigenvalue weighted by Gasteiger charge is -2.19. The highest BCUT2D eigenvalue weighted by Crippen LogP contribution is 2.03. The quantitative estimate of drug-likeness (QED) is 0.435. The molecule has 0 bridgehead atoms. The number of carboxylic acid groups (broad SMARTS) is 1. The Balaban J connectivity index is 3.93. The van der Waals surface area contributed by atoms with E-state index in [4.69, 9.17) is 20.3 Å². The van der Waals surface area contributed by atoms with Crippen LogP contribution in [0, 0.1) is 0 Å². The van der Waals surface area contributed by atoms with E-state index in [2.05, 4.69) is 5.32 Å². The number of nitrogens with two attached hydrogens (primary N) is 1. The molecule has 0 radical (unpaired) electrons. The SMILES string of the molecule is CCCOC(CCNC(=O)C(N)CCC(=O)O)OCCC. The Morgan fingerprint density at radius 2 is 1.71 bits per heavy atom. The highest BCUT2D eigenvalue weighted by atomic mass is 16.7. The molecule has 1 unspecified atom stereocenters. The van der Waals surface area contributed by atoms with E-state index in [9.17, 15) is 9.59 Å². The van der Waals surface area contributed by atoms with Gasteiger partial charge in [0.05, 0.1) is 6.04 Å². The van der Waals surface area contributed by atoms with Crippen LogP contribution in [0.1, 0.15) is 46.0 Å². The van der Waals surface area contributed by atoms with Gasteiger partial charge < -0.3 is 25.6 Å². The number of amides is 1. The fourth-order valence-corrected chi connectivity index (χ4v) is 1.57. The van der Waals surface area contributed by atoms with Crippen LogP contribution in [0.5, 0.6) is 0 Å². The minimum Gasteiger partial charge on any atom is -0.481 e. The van der Waals surface area contributed by atoms with E-state index >= 15 is 0 Å². The third-order valence-corrected chi connectivity index (χ3v) is 2.70. The van der Waals surface area contributed by atoms with Gasteiger partial charge in [-0.15, -0.1) is 0 Å². The molecule has 0 aliphatic heterocycles. The van der Waals surface area contributed by atoms with E-state index in [0.717, 1.165) is 12.8 Å². The molecule has 0 spiro atoms. The van der Waals surface area contributed by atoms with Crippen molar-refractivity contribution in [3.8, 4) is 0 Å². The minimum absolute atomic E-state index is 0.115. The predicted molar refractivity (Wildman–Crippen MR) is 78.7 cm³/mol. The summed E-state index contributed by atoms with van der Waals surface area (Å²) in [7, 11) is 0. The number of hydrogen-bond donors (Lipinski definition) is 3. The van der Waals surface area contributed by atoms with Crippen molar-refractivity contribution in [2.24, 2.45) is 5.73 Å². The summed E-state index contributed by atoms with van der Waals surface area (Å²) in [6, 6.07) is -0.798. The Labute approximate surface area is 126 Å². The van der Waals surface area contributed by atoms with E-state index in [1.807, 2.05) is 13.8 Å². The van der Waals surface area contributed by atoms with Crippen LogP contribution in [0.3, 0.4) is 0 Å². The topological polar surface area (TPSA) is 111 Å². The number of carbonyl (C=O) groups is 2. The smallest absolute Gasteiger partial charge is 0.303 e. The van der Waals surface area contributed by atoms with E-state index in [1.165, 1.54) is 0 Å². The molecule has 7 heteroatoms. The maximum absolute atomic E-state index is 11.7. The first kappa shape index (κ1) is 19.8. The largest absolute Gasteiger partial charge is 0.481 e. The monoisotopic (exact) mass is 304 g/mol. The van der Waals surface area contributed by atoms with Gasteiger partial charge in [0.2, 0.25) is 5.91 Å². The summed E-state index contributed by atoms with van der Waals surface area (Å²) in [5, 5.41) is 11.2. The first-order chi connectivity index (χ1) is 10.0. The Hall–Kier alpha value is -1.18. The van der Waals surface area contributed by atoms with Crippen LogP contribution in [0.15, 0.2) is 0 Å². The molecule has 0 rings (SSSR count). The molecule has 7 nitrogen and oxygen atoms in total. The van der Waals surface area contributed by atoms with Crippen LogP contribution in [0.2, 0.25) is 0 Å². The molecule has 4 N–H and O–H groups in total. The molecule has 124 valence electrons. The first-order valence-electron chi connectivity index (χ1n) is 7.49. The number of aliphatic carboxylic acids is 1. The zero-order chi connectivity index (χ0) is 16.1. The molecule has 0 aliphatic rings. The van der Waals surface area contributed by atoms with Crippen LogP contribution < -0.4 is 11.1 Å². The Kier molecular flexibility index (Phi) is 11.8. The fourth-order valence-electron chi connectivity index (χ4n) is 1.57. The molecule has 0 fully saturated rings. The van der Waals surface area contributed by atoms with Gasteiger partial charge in [0.15, 0.2) is 6.29 Å². The molecule has 0 saturated heterocycles. The highest BCUT2D eigenvalue weighted by Gasteiger charge is 2.15. The molecule has 21 heavy (non-hydrogen) atoms. The molecule has 0 aliphatic carbocycles. The molecule has 0 aromatic rings. The molecule has 0 aromatic heterocycles.